The smallest absolute Gasteiger partial charge is 0.338 e. The van der Waals surface area contributed by atoms with Crippen LogP contribution in [0.4, 0.5) is 4.79 Å². The summed E-state index contributed by atoms with van der Waals surface area (Å²) in [5, 5.41) is 2.99. The number of likely N-dealkylation sites (tertiary alicyclic amines) is 1. The molecule has 28 heavy (non-hydrogen) atoms. The molecule has 0 unspecified atom stereocenters. The van der Waals surface area contributed by atoms with Crippen LogP contribution in [0.25, 0.3) is 0 Å². The lowest BCUT2D eigenvalue weighted by Crippen LogP contribution is -2.50. The molecule has 6 nitrogen and oxygen atoms in total. The molecule has 1 saturated heterocycles. The molecule has 2 aliphatic heterocycles. The molecule has 0 aliphatic carbocycles. The molecule has 1 fully saturated rings. The number of piperidine rings is 1. The van der Waals surface area contributed by atoms with E-state index in [1.807, 2.05) is 31.2 Å². The molecule has 0 spiro atoms. The van der Waals surface area contributed by atoms with Crippen molar-refractivity contribution in [3.63, 3.8) is 0 Å². The average Bonchev–Trinajstić information content (AvgIpc) is 2.67. The maximum atomic E-state index is 13.0. The number of hydrogen-bond acceptors (Lipinski definition) is 4. The van der Waals surface area contributed by atoms with Crippen molar-refractivity contribution in [3.05, 3.63) is 46.7 Å². The minimum absolute atomic E-state index is 0.195. The van der Waals surface area contributed by atoms with E-state index in [1.54, 1.807) is 18.9 Å². The van der Waals surface area contributed by atoms with Crippen molar-refractivity contribution in [1.82, 2.24) is 15.1 Å². The van der Waals surface area contributed by atoms with Crippen LogP contribution in [0.5, 0.6) is 0 Å². The van der Waals surface area contributed by atoms with Gasteiger partial charge in [0, 0.05) is 25.3 Å². The Hall–Kier alpha value is -2.34. The summed E-state index contributed by atoms with van der Waals surface area (Å²) in [7, 11) is 1.73. The van der Waals surface area contributed by atoms with Gasteiger partial charge in [-0.1, -0.05) is 36.2 Å². The van der Waals surface area contributed by atoms with Crippen molar-refractivity contribution >= 4 is 12.0 Å². The first-order valence-corrected chi connectivity index (χ1v) is 10.2. The lowest BCUT2D eigenvalue weighted by Gasteiger charge is -2.39. The first-order chi connectivity index (χ1) is 13.4. The minimum atomic E-state index is -0.502. The van der Waals surface area contributed by atoms with Gasteiger partial charge in [-0.25, -0.2) is 9.59 Å². The van der Waals surface area contributed by atoms with Crippen LogP contribution >= 0.6 is 0 Å². The van der Waals surface area contributed by atoms with Gasteiger partial charge in [0.2, 0.25) is 0 Å². The fourth-order valence-electron chi connectivity index (χ4n) is 4.08. The Balaban J connectivity index is 2.06. The number of benzene rings is 1. The van der Waals surface area contributed by atoms with E-state index in [9.17, 15) is 9.59 Å². The Bertz CT molecular complexity index is 774. The van der Waals surface area contributed by atoms with Gasteiger partial charge in [0.15, 0.2) is 0 Å². The molecule has 1 aromatic rings. The fourth-order valence-corrected chi connectivity index (χ4v) is 4.08. The van der Waals surface area contributed by atoms with E-state index in [4.69, 9.17) is 4.74 Å². The lowest BCUT2D eigenvalue weighted by atomic mass is 9.93. The first kappa shape index (κ1) is 20.4. The van der Waals surface area contributed by atoms with Gasteiger partial charge in [0.1, 0.15) is 0 Å². The molecule has 2 atom stereocenters. The summed E-state index contributed by atoms with van der Waals surface area (Å²) in [6, 6.07) is 7.65. The van der Waals surface area contributed by atoms with E-state index >= 15 is 0 Å². The van der Waals surface area contributed by atoms with E-state index in [2.05, 4.69) is 17.1 Å². The fraction of sp³-hybridized carbons (Fsp3) is 0.545. The Morgan fingerprint density at radius 3 is 2.79 bits per heavy atom. The van der Waals surface area contributed by atoms with Gasteiger partial charge in [0.05, 0.1) is 18.2 Å². The number of ether oxygens (including phenoxy) is 1. The van der Waals surface area contributed by atoms with Crippen LogP contribution in [0, 0.1) is 6.92 Å². The molecule has 1 N–H and O–H groups in total. The maximum Gasteiger partial charge on any atom is 0.338 e. The van der Waals surface area contributed by atoms with Crippen LogP contribution in [-0.4, -0.2) is 54.6 Å². The third kappa shape index (κ3) is 4.22. The highest BCUT2D eigenvalue weighted by atomic mass is 16.5. The van der Waals surface area contributed by atoms with Gasteiger partial charge in [0.25, 0.3) is 0 Å². The number of aryl methyl sites for hydroxylation is 1. The molecule has 0 bridgehead atoms. The van der Waals surface area contributed by atoms with Gasteiger partial charge in [-0.05, 0) is 45.7 Å². The van der Waals surface area contributed by atoms with Crippen molar-refractivity contribution in [2.24, 2.45) is 0 Å². The third-order valence-corrected chi connectivity index (χ3v) is 5.74. The molecule has 2 amide bonds. The van der Waals surface area contributed by atoms with Crippen LogP contribution in [0.1, 0.15) is 50.3 Å². The number of rotatable bonds is 5. The van der Waals surface area contributed by atoms with E-state index in [0.29, 0.717) is 24.8 Å². The van der Waals surface area contributed by atoms with Crippen LogP contribution in [-0.2, 0) is 9.53 Å². The van der Waals surface area contributed by atoms with Crippen molar-refractivity contribution in [3.8, 4) is 0 Å². The molecular formula is C22H31N3O3. The van der Waals surface area contributed by atoms with Gasteiger partial charge in [-0.15, -0.1) is 0 Å². The zero-order valence-electron chi connectivity index (χ0n) is 17.3. The highest BCUT2D eigenvalue weighted by Gasteiger charge is 2.37. The highest BCUT2D eigenvalue weighted by molar-refractivity contribution is 5.95. The van der Waals surface area contributed by atoms with Gasteiger partial charge in [-0.3, -0.25) is 9.80 Å². The standard InChI is InChI=1S/C22H31N3O3/c1-5-28-21(26)19-18(14-25-12-7-6-10-16(25)3)24(4)22(27)23-20(19)17-11-8-9-15(2)13-17/h8-9,11,13,16,20H,5-7,10,12,14H2,1-4H3,(H,23,27)/t16-,20-/m1/s1. The van der Waals surface area contributed by atoms with Crippen molar-refractivity contribution in [1.29, 1.82) is 0 Å². The second-order valence-electron chi connectivity index (χ2n) is 7.75. The van der Waals surface area contributed by atoms with Crippen LogP contribution in [0.3, 0.4) is 0 Å². The number of amides is 2. The predicted molar refractivity (Wildman–Crippen MR) is 109 cm³/mol. The minimum Gasteiger partial charge on any atom is -0.463 e. The average molecular weight is 386 g/mol. The second kappa shape index (κ2) is 8.78. The Morgan fingerprint density at radius 2 is 2.11 bits per heavy atom. The van der Waals surface area contributed by atoms with Gasteiger partial charge < -0.3 is 10.1 Å². The number of hydrogen-bond donors (Lipinski definition) is 1. The molecule has 152 valence electrons. The quantitative estimate of drug-likeness (QED) is 0.790. The molecule has 0 aromatic heterocycles. The molecule has 2 heterocycles. The number of esters is 1. The summed E-state index contributed by atoms with van der Waals surface area (Å²) in [5.74, 6) is -0.361. The Morgan fingerprint density at radius 1 is 1.32 bits per heavy atom. The zero-order chi connectivity index (χ0) is 20.3. The largest absolute Gasteiger partial charge is 0.463 e. The predicted octanol–water partition coefficient (Wildman–Crippen LogP) is 3.38. The summed E-state index contributed by atoms with van der Waals surface area (Å²) >= 11 is 0. The van der Waals surface area contributed by atoms with Crippen molar-refractivity contribution in [2.45, 2.75) is 52.1 Å². The van der Waals surface area contributed by atoms with E-state index in [1.165, 1.54) is 6.42 Å². The van der Waals surface area contributed by atoms with Gasteiger partial charge >= 0.3 is 12.0 Å². The molecule has 0 saturated carbocycles. The van der Waals surface area contributed by atoms with Gasteiger partial charge in [-0.2, -0.15) is 0 Å². The number of carbonyl (C=O) groups is 2. The number of nitrogens with zero attached hydrogens (tertiary/aromatic N) is 2. The normalized spacial score (nSPS) is 23.6. The second-order valence-corrected chi connectivity index (χ2v) is 7.75. The molecule has 6 heteroatoms. The summed E-state index contributed by atoms with van der Waals surface area (Å²) in [6.45, 7) is 7.87. The lowest BCUT2D eigenvalue weighted by molar-refractivity contribution is -0.139. The van der Waals surface area contributed by atoms with Crippen molar-refractivity contribution < 1.29 is 14.3 Å². The summed E-state index contributed by atoms with van der Waals surface area (Å²) < 4.78 is 5.40. The Labute approximate surface area is 167 Å². The van der Waals surface area contributed by atoms with Crippen LogP contribution in [0.2, 0.25) is 0 Å². The molecule has 1 aromatic carbocycles. The maximum absolute atomic E-state index is 13.0. The highest BCUT2D eigenvalue weighted by Crippen LogP contribution is 2.32. The van der Waals surface area contributed by atoms with E-state index < -0.39 is 6.04 Å². The zero-order valence-corrected chi connectivity index (χ0v) is 17.3. The summed E-state index contributed by atoms with van der Waals surface area (Å²) in [4.78, 5) is 29.6. The third-order valence-electron chi connectivity index (χ3n) is 5.74. The van der Waals surface area contributed by atoms with Crippen LogP contribution < -0.4 is 5.32 Å². The number of likely N-dealkylation sites (N-methyl/N-ethyl adjacent to an activating group) is 1. The number of nitrogens with one attached hydrogen (secondary N) is 1. The monoisotopic (exact) mass is 385 g/mol. The molecule has 3 rings (SSSR count). The van der Waals surface area contributed by atoms with Crippen molar-refractivity contribution in [2.75, 3.05) is 26.7 Å². The van der Waals surface area contributed by atoms with E-state index in [-0.39, 0.29) is 12.0 Å². The number of carbonyl (C=O) groups excluding carboxylic acids is 2. The van der Waals surface area contributed by atoms with Crippen LogP contribution in [0.15, 0.2) is 35.5 Å². The van der Waals surface area contributed by atoms with E-state index in [0.717, 1.165) is 36.2 Å². The first-order valence-electron chi connectivity index (χ1n) is 10.2. The molecule has 0 radical (unpaired) electrons. The summed E-state index contributed by atoms with van der Waals surface area (Å²) in [6.07, 6.45) is 3.51. The Kier molecular flexibility index (Phi) is 6.39. The summed E-state index contributed by atoms with van der Waals surface area (Å²) in [5.41, 5.74) is 3.25. The molecular weight excluding hydrogens is 354 g/mol. The molecule has 2 aliphatic rings. The number of urea groups is 1. The SMILES string of the molecule is CCOC(=O)C1=C(CN2CCCC[C@H]2C)N(C)C(=O)N[C@@H]1c1cccc(C)c1. The topological polar surface area (TPSA) is 61.9 Å².